The summed E-state index contributed by atoms with van der Waals surface area (Å²) >= 11 is 0. The molecule has 2 rings (SSSR count). The number of halogens is 1. The number of esters is 1. The second-order valence-electron chi connectivity index (χ2n) is 8.22. The molecule has 6 nitrogen and oxygen atoms in total. The minimum Gasteiger partial charge on any atom is -1.00 e. The van der Waals surface area contributed by atoms with Crippen molar-refractivity contribution < 1.29 is 46.4 Å². The molecule has 0 bridgehead atoms. The number of carbonyl (C=O) groups is 1. The van der Waals surface area contributed by atoms with E-state index in [1.54, 1.807) is 19.1 Å². The Balaban J connectivity index is 0.00000392. The molecule has 1 aromatic carbocycles. The molecule has 1 aromatic rings. The van der Waals surface area contributed by atoms with E-state index >= 15 is 0 Å². The highest BCUT2D eigenvalue weighted by atomic mass is 127. The summed E-state index contributed by atoms with van der Waals surface area (Å²) in [5.74, 6) is -0.369. The van der Waals surface area contributed by atoms with Crippen LogP contribution in [0, 0.1) is 0 Å². The van der Waals surface area contributed by atoms with E-state index in [0.717, 1.165) is 24.8 Å². The third-order valence-electron chi connectivity index (χ3n) is 4.90. The molecule has 0 unspecified atom stereocenters. The number of hydrogen-bond donors (Lipinski definition) is 1. The summed E-state index contributed by atoms with van der Waals surface area (Å²) in [5, 5.41) is 0. The van der Waals surface area contributed by atoms with Gasteiger partial charge in [-0.3, -0.25) is 4.79 Å². The number of quaternary nitrogens is 1. The molecule has 1 fully saturated rings. The number of unbranched alkanes of at least 4 members (excludes halogenated alkanes) is 2. The summed E-state index contributed by atoms with van der Waals surface area (Å²) in [4.78, 5) is 12.2. The lowest BCUT2D eigenvalue weighted by Gasteiger charge is -2.52. The zero-order valence-electron chi connectivity index (χ0n) is 17.3. The van der Waals surface area contributed by atoms with Crippen molar-refractivity contribution in [3.05, 3.63) is 29.8 Å². The van der Waals surface area contributed by atoms with Crippen LogP contribution in [0.2, 0.25) is 0 Å². The molecule has 1 heterocycles. The van der Waals surface area contributed by atoms with Gasteiger partial charge in [-0.25, -0.2) is 8.42 Å². The minimum absolute atomic E-state index is 0. The molecule has 0 saturated carbocycles. The molecular formula is C20H33IN2O4S. The molecule has 1 N–H and O–H groups in total. The maximum atomic E-state index is 12.9. The van der Waals surface area contributed by atoms with Crippen molar-refractivity contribution >= 4 is 16.0 Å². The number of nitrogens with zero attached hydrogens (tertiary/aromatic N) is 1. The number of sulfonamides is 1. The zero-order chi connectivity index (χ0) is 20.1. The van der Waals surface area contributed by atoms with Gasteiger partial charge in [-0.2, -0.15) is 4.72 Å². The summed E-state index contributed by atoms with van der Waals surface area (Å²) in [6.07, 6.45) is 4.45. The Bertz CT molecular complexity index is 740. The standard InChI is InChI=1S/C20H33N2O4S.HI/c1-5-7-8-9-17-10-12-18(13-11-17)27(24,25)21-20(14-19(23)26-6-2)15-22(3,4)16-20;/h10-13,21H,5-9,14-16H2,1-4H3;1H/q+1;/p-1. The van der Waals surface area contributed by atoms with Crippen molar-refractivity contribution in [1.82, 2.24) is 4.72 Å². The summed E-state index contributed by atoms with van der Waals surface area (Å²) in [6.45, 7) is 5.31. The fraction of sp³-hybridized carbons (Fsp3) is 0.650. The number of hydrogen-bond acceptors (Lipinski definition) is 4. The van der Waals surface area contributed by atoms with E-state index in [4.69, 9.17) is 4.74 Å². The van der Waals surface area contributed by atoms with E-state index in [-0.39, 0.29) is 41.3 Å². The first-order chi connectivity index (χ1) is 12.6. The van der Waals surface area contributed by atoms with Gasteiger partial charge < -0.3 is 33.2 Å². The number of likely N-dealkylation sites (N-methyl/N-ethyl adjacent to an activating group) is 1. The molecule has 28 heavy (non-hydrogen) atoms. The van der Waals surface area contributed by atoms with Gasteiger partial charge in [0.1, 0.15) is 18.6 Å². The van der Waals surface area contributed by atoms with E-state index < -0.39 is 15.6 Å². The van der Waals surface area contributed by atoms with E-state index in [9.17, 15) is 13.2 Å². The quantitative estimate of drug-likeness (QED) is 0.194. The van der Waals surface area contributed by atoms with Gasteiger partial charge in [0.2, 0.25) is 10.0 Å². The smallest absolute Gasteiger partial charge is 0.308 e. The third-order valence-corrected chi connectivity index (χ3v) is 6.50. The molecule has 1 aliphatic heterocycles. The van der Waals surface area contributed by atoms with Crippen molar-refractivity contribution in [2.45, 2.75) is 56.4 Å². The maximum Gasteiger partial charge on any atom is 0.308 e. The van der Waals surface area contributed by atoms with Crippen molar-refractivity contribution in [3.8, 4) is 0 Å². The van der Waals surface area contributed by atoms with Crippen molar-refractivity contribution in [1.29, 1.82) is 0 Å². The van der Waals surface area contributed by atoms with Crippen LogP contribution in [-0.4, -0.2) is 58.2 Å². The van der Waals surface area contributed by atoms with Gasteiger partial charge in [-0.1, -0.05) is 31.9 Å². The summed E-state index contributed by atoms with van der Waals surface area (Å²) in [5.41, 5.74) is 0.360. The van der Waals surface area contributed by atoms with Gasteiger partial charge in [0.25, 0.3) is 0 Å². The zero-order valence-corrected chi connectivity index (χ0v) is 20.3. The number of rotatable bonds is 10. The van der Waals surface area contributed by atoms with Crippen molar-refractivity contribution in [3.63, 3.8) is 0 Å². The van der Waals surface area contributed by atoms with E-state index in [2.05, 4.69) is 11.6 Å². The summed E-state index contributed by atoms with van der Waals surface area (Å²) in [6, 6.07) is 7.06. The molecular weight excluding hydrogens is 491 g/mol. The Hall–Kier alpha value is -0.710. The molecule has 160 valence electrons. The molecule has 1 saturated heterocycles. The lowest BCUT2D eigenvalue weighted by Crippen LogP contribution is -3.00. The number of ether oxygens (including phenoxy) is 1. The van der Waals surface area contributed by atoms with Crippen LogP contribution in [0.25, 0.3) is 0 Å². The van der Waals surface area contributed by atoms with Crippen molar-refractivity contribution in [2.75, 3.05) is 33.8 Å². The average molecular weight is 524 g/mol. The molecule has 0 spiro atoms. The highest BCUT2D eigenvalue weighted by Gasteiger charge is 2.55. The van der Waals surface area contributed by atoms with Gasteiger partial charge in [0, 0.05) is 0 Å². The van der Waals surface area contributed by atoms with Crippen LogP contribution in [0.5, 0.6) is 0 Å². The minimum atomic E-state index is -3.70. The van der Waals surface area contributed by atoms with Crippen LogP contribution >= 0.6 is 0 Å². The summed E-state index contributed by atoms with van der Waals surface area (Å²) in [7, 11) is 0.334. The number of carbonyl (C=O) groups excluding carboxylic acids is 1. The highest BCUT2D eigenvalue weighted by Crippen LogP contribution is 2.31. The highest BCUT2D eigenvalue weighted by molar-refractivity contribution is 7.89. The molecule has 0 aromatic heterocycles. The Morgan fingerprint density at radius 1 is 1.14 bits per heavy atom. The SMILES string of the molecule is CCCCCc1ccc(S(=O)(=O)NC2(CC(=O)OCC)C[N+](C)(C)C2)cc1.[I-]. The molecule has 0 atom stereocenters. The Labute approximate surface area is 186 Å². The lowest BCUT2D eigenvalue weighted by molar-refractivity contribution is -0.940. The Morgan fingerprint density at radius 2 is 1.75 bits per heavy atom. The molecule has 0 amide bonds. The van der Waals surface area contributed by atoms with Gasteiger partial charge in [-0.15, -0.1) is 0 Å². The Morgan fingerprint density at radius 3 is 2.25 bits per heavy atom. The number of nitrogens with one attached hydrogen (secondary N) is 1. The topological polar surface area (TPSA) is 72.5 Å². The van der Waals surface area contributed by atoms with Crippen LogP contribution in [0.1, 0.15) is 45.1 Å². The van der Waals surface area contributed by atoms with Crippen LogP contribution in [0.3, 0.4) is 0 Å². The predicted molar refractivity (Wildman–Crippen MR) is 106 cm³/mol. The number of aryl methyl sites for hydroxylation is 1. The number of benzene rings is 1. The van der Waals surface area contributed by atoms with Crippen LogP contribution < -0.4 is 28.7 Å². The fourth-order valence-corrected chi connectivity index (χ4v) is 5.44. The van der Waals surface area contributed by atoms with Gasteiger partial charge in [-0.05, 0) is 37.5 Å². The monoisotopic (exact) mass is 524 g/mol. The van der Waals surface area contributed by atoms with Crippen LogP contribution in [0.4, 0.5) is 0 Å². The van der Waals surface area contributed by atoms with E-state index in [1.807, 2.05) is 26.2 Å². The number of likely N-dealkylation sites (tertiary alicyclic amines) is 1. The summed E-state index contributed by atoms with van der Waals surface area (Å²) < 4.78 is 34.3. The second-order valence-corrected chi connectivity index (χ2v) is 9.90. The largest absolute Gasteiger partial charge is 1.00 e. The Kier molecular flexibility index (Phi) is 9.37. The lowest BCUT2D eigenvalue weighted by atomic mass is 9.86. The normalized spacial score (nSPS) is 17.3. The van der Waals surface area contributed by atoms with E-state index in [1.165, 1.54) is 6.42 Å². The molecule has 1 aliphatic rings. The van der Waals surface area contributed by atoms with Crippen LogP contribution in [0.15, 0.2) is 29.2 Å². The van der Waals surface area contributed by atoms with Gasteiger partial charge in [0.15, 0.2) is 0 Å². The van der Waals surface area contributed by atoms with E-state index in [0.29, 0.717) is 24.2 Å². The first-order valence-corrected chi connectivity index (χ1v) is 11.2. The van der Waals surface area contributed by atoms with Gasteiger partial charge in [0.05, 0.1) is 32.0 Å². The molecule has 0 aliphatic carbocycles. The second kappa shape index (κ2) is 10.4. The fourth-order valence-electron chi connectivity index (χ4n) is 4.05. The molecule has 0 radical (unpaired) electrons. The predicted octanol–water partition coefficient (Wildman–Crippen LogP) is -0.516. The maximum absolute atomic E-state index is 12.9. The third kappa shape index (κ3) is 6.96. The van der Waals surface area contributed by atoms with Gasteiger partial charge >= 0.3 is 5.97 Å². The van der Waals surface area contributed by atoms with Crippen LogP contribution in [-0.2, 0) is 26.0 Å². The van der Waals surface area contributed by atoms with Crippen molar-refractivity contribution in [2.24, 2.45) is 0 Å². The molecule has 8 heteroatoms. The first kappa shape index (κ1) is 25.3. The first-order valence-electron chi connectivity index (χ1n) is 9.72. The average Bonchev–Trinajstić information content (AvgIpc) is 2.53.